The minimum atomic E-state index is -0.508. The molecule has 0 aliphatic carbocycles. The quantitative estimate of drug-likeness (QED) is 0.217. The van der Waals surface area contributed by atoms with Crippen LogP contribution in [-0.2, 0) is 4.79 Å². The topological polar surface area (TPSA) is 56.5 Å². The molecule has 0 amide bonds. The predicted octanol–water partition coefficient (Wildman–Crippen LogP) is 3.48. The van der Waals surface area contributed by atoms with Crippen LogP contribution < -0.4 is 10.4 Å². The lowest BCUT2D eigenvalue weighted by Gasteiger charge is -2.09. The van der Waals surface area contributed by atoms with Gasteiger partial charge in [0.25, 0.3) is 0 Å². The van der Waals surface area contributed by atoms with Gasteiger partial charge < -0.3 is 9.15 Å². The Kier molecular flexibility index (Phi) is 4.29. The maximum absolute atomic E-state index is 11.6. The SMILES string of the molecule is C=C(C)C(=O)Oc1cc(I)c2ccc(=O)oc2c1I. The van der Waals surface area contributed by atoms with Gasteiger partial charge in [0.1, 0.15) is 5.75 Å². The Bertz CT molecular complexity index is 746. The highest BCUT2D eigenvalue weighted by Crippen LogP contribution is 2.32. The smallest absolute Gasteiger partial charge is 0.338 e. The van der Waals surface area contributed by atoms with Crippen LogP contribution in [0.4, 0.5) is 0 Å². The number of halogens is 2. The van der Waals surface area contributed by atoms with E-state index in [0.717, 1.165) is 8.96 Å². The maximum atomic E-state index is 11.6. The molecule has 0 radical (unpaired) electrons. The zero-order valence-corrected chi connectivity index (χ0v) is 14.1. The van der Waals surface area contributed by atoms with Crippen LogP contribution in [0, 0.1) is 7.14 Å². The molecule has 6 heteroatoms. The van der Waals surface area contributed by atoms with Crippen LogP contribution in [0.25, 0.3) is 11.0 Å². The summed E-state index contributed by atoms with van der Waals surface area (Å²) in [5.41, 5.74) is 0.287. The molecule has 4 nitrogen and oxygen atoms in total. The van der Waals surface area contributed by atoms with Crippen molar-refractivity contribution in [1.29, 1.82) is 0 Å². The Morgan fingerprint density at radius 1 is 1.37 bits per heavy atom. The van der Waals surface area contributed by atoms with Crippen molar-refractivity contribution in [3.63, 3.8) is 0 Å². The fraction of sp³-hybridized carbons (Fsp3) is 0.0769. The number of esters is 1. The molecule has 0 atom stereocenters. The molecule has 0 unspecified atom stereocenters. The van der Waals surface area contributed by atoms with Crippen molar-refractivity contribution in [3.8, 4) is 5.75 Å². The zero-order valence-electron chi connectivity index (χ0n) is 9.83. The van der Waals surface area contributed by atoms with Crippen LogP contribution in [0.1, 0.15) is 6.92 Å². The number of hydrogen-bond donors (Lipinski definition) is 0. The Hall–Kier alpha value is -0.900. The second-order valence-corrected chi connectivity index (χ2v) is 6.08. The lowest BCUT2D eigenvalue weighted by Crippen LogP contribution is -2.10. The highest BCUT2D eigenvalue weighted by molar-refractivity contribution is 14.1. The molecule has 0 N–H and O–H groups in total. The Morgan fingerprint density at radius 3 is 2.68 bits per heavy atom. The van der Waals surface area contributed by atoms with E-state index in [1.807, 2.05) is 22.6 Å². The number of fused-ring (bicyclic) bond motifs is 1. The van der Waals surface area contributed by atoms with Crippen LogP contribution in [0.2, 0.25) is 0 Å². The molecule has 0 aliphatic rings. The molecular weight excluding hydrogens is 474 g/mol. The van der Waals surface area contributed by atoms with E-state index in [9.17, 15) is 9.59 Å². The first-order valence-corrected chi connectivity index (χ1v) is 7.35. The molecule has 2 aromatic rings. The first-order chi connectivity index (χ1) is 8.90. The standard InChI is InChI=1S/C13H8I2O4/c1-6(2)13(17)18-9-5-8(14)7-3-4-10(16)19-12(7)11(9)15/h3-5H,1H2,2H3. The normalized spacial score (nSPS) is 10.5. The molecule has 1 heterocycles. The van der Waals surface area contributed by atoms with Crippen molar-refractivity contribution < 1.29 is 13.9 Å². The molecule has 19 heavy (non-hydrogen) atoms. The lowest BCUT2D eigenvalue weighted by molar-refractivity contribution is -0.130. The summed E-state index contributed by atoms with van der Waals surface area (Å²) in [7, 11) is 0. The Labute approximate surface area is 136 Å². The van der Waals surface area contributed by atoms with E-state index in [0.29, 0.717) is 20.5 Å². The van der Waals surface area contributed by atoms with Crippen molar-refractivity contribution in [3.05, 3.63) is 47.9 Å². The minimum absolute atomic E-state index is 0.306. The van der Waals surface area contributed by atoms with Crippen LogP contribution in [0.3, 0.4) is 0 Å². The molecule has 0 spiro atoms. The van der Waals surface area contributed by atoms with Gasteiger partial charge in [0, 0.05) is 20.6 Å². The second-order valence-electron chi connectivity index (χ2n) is 3.84. The van der Waals surface area contributed by atoms with E-state index < -0.39 is 11.6 Å². The maximum Gasteiger partial charge on any atom is 0.338 e. The third-order valence-corrected chi connectivity index (χ3v) is 4.23. The van der Waals surface area contributed by atoms with Gasteiger partial charge in [-0.2, -0.15) is 0 Å². The van der Waals surface area contributed by atoms with Crippen molar-refractivity contribution in [2.75, 3.05) is 0 Å². The van der Waals surface area contributed by atoms with Gasteiger partial charge in [-0.15, -0.1) is 0 Å². The van der Waals surface area contributed by atoms with Gasteiger partial charge >= 0.3 is 11.6 Å². The third kappa shape index (κ3) is 2.99. The van der Waals surface area contributed by atoms with E-state index in [1.165, 1.54) is 6.07 Å². The van der Waals surface area contributed by atoms with Crippen LogP contribution in [-0.4, -0.2) is 5.97 Å². The number of ether oxygens (including phenoxy) is 1. The molecule has 2 rings (SSSR count). The molecule has 1 aromatic carbocycles. The summed E-state index contributed by atoms with van der Waals surface area (Å²) >= 11 is 4.08. The number of carbonyl (C=O) groups is 1. The van der Waals surface area contributed by atoms with Gasteiger partial charge in [-0.25, -0.2) is 9.59 Å². The molecule has 1 aromatic heterocycles. The lowest BCUT2D eigenvalue weighted by atomic mass is 10.2. The molecule has 0 saturated carbocycles. The summed E-state index contributed by atoms with van der Waals surface area (Å²) in [6.45, 7) is 5.10. The van der Waals surface area contributed by atoms with Crippen molar-refractivity contribution in [1.82, 2.24) is 0 Å². The van der Waals surface area contributed by atoms with Gasteiger partial charge in [0.15, 0.2) is 5.58 Å². The fourth-order valence-corrected chi connectivity index (χ4v) is 2.77. The number of hydrogen-bond acceptors (Lipinski definition) is 4. The van der Waals surface area contributed by atoms with Gasteiger partial charge in [0.2, 0.25) is 0 Å². The first-order valence-electron chi connectivity index (χ1n) is 5.19. The molecule has 0 saturated heterocycles. The van der Waals surface area contributed by atoms with Crippen LogP contribution >= 0.6 is 45.2 Å². The zero-order chi connectivity index (χ0) is 14.2. The van der Waals surface area contributed by atoms with Gasteiger partial charge in [-0.1, -0.05) is 6.58 Å². The Morgan fingerprint density at radius 2 is 2.05 bits per heavy atom. The van der Waals surface area contributed by atoms with E-state index in [-0.39, 0.29) is 0 Å². The number of benzene rings is 1. The average molecular weight is 482 g/mol. The second kappa shape index (κ2) is 5.61. The summed E-state index contributed by atoms with van der Waals surface area (Å²) in [5.74, 6) is -0.147. The average Bonchev–Trinajstić information content (AvgIpc) is 2.35. The summed E-state index contributed by atoms with van der Waals surface area (Å²) in [6, 6.07) is 4.78. The van der Waals surface area contributed by atoms with Crippen molar-refractivity contribution in [2.24, 2.45) is 0 Å². The third-order valence-electron chi connectivity index (χ3n) is 2.32. The predicted molar refractivity (Wildman–Crippen MR) is 88.4 cm³/mol. The summed E-state index contributed by atoms with van der Waals surface area (Å²) in [6.07, 6.45) is 0. The summed E-state index contributed by atoms with van der Waals surface area (Å²) in [5, 5.41) is 0.805. The summed E-state index contributed by atoms with van der Waals surface area (Å²) < 4.78 is 11.8. The van der Waals surface area contributed by atoms with Gasteiger partial charge in [-0.3, -0.25) is 0 Å². The molecular formula is C13H8I2O4. The van der Waals surface area contributed by atoms with E-state index in [2.05, 4.69) is 29.2 Å². The monoisotopic (exact) mass is 482 g/mol. The molecule has 0 bridgehead atoms. The minimum Gasteiger partial charge on any atom is -0.422 e. The number of carbonyl (C=O) groups excluding carboxylic acids is 1. The highest BCUT2D eigenvalue weighted by Gasteiger charge is 2.15. The fourth-order valence-electron chi connectivity index (χ4n) is 1.40. The van der Waals surface area contributed by atoms with Crippen molar-refractivity contribution in [2.45, 2.75) is 6.92 Å². The van der Waals surface area contributed by atoms with Crippen molar-refractivity contribution >= 4 is 62.1 Å². The van der Waals surface area contributed by atoms with E-state index in [4.69, 9.17) is 9.15 Å². The van der Waals surface area contributed by atoms with E-state index in [1.54, 1.807) is 19.1 Å². The molecule has 98 valence electrons. The highest BCUT2D eigenvalue weighted by atomic mass is 127. The summed E-state index contributed by atoms with van der Waals surface area (Å²) in [4.78, 5) is 22.9. The largest absolute Gasteiger partial charge is 0.422 e. The molecule has 0 fully saturated rings. The Balaban J connectivity index is 2.64. The first kappa shape index (κ1) is 14.5. The van der Waals surface area contributed by atoms with Crippen LogP contribution in [0.5, 0.6) is 5.75 Å². The van der Waals surface area contributed by atoms with E-state index >= 15 is 0 Å². The molecule has 0 aliphatic heterocycles. The van der Waals surface area contributed by atoms with Gasteiger partial charge in [-0.05, 0) is 64.2 Å². The van der Waals surface area contributed by atoms with Gasteiger partial charge in [0.05, 0.1) is 3.57 Å². The van der Waals surface area contributed by atoms with Crippen LogP contribution in [0.15, 0.2) is 39.6 Å². The number of rotatable bonds is 2.